The smallest absolute Gasteiger partial charge is 0.261 e. The molecule has 2 aromatic carbocycles. The summed E-state index contributed by atoms with van der Waals surface area (Å²) in [5.41, 5.74) is 2.25. The minimum absolute atomic E-state index is 0.195. The quantitative estimate of drug-likeness (QED) is 0.936. The number of benzene rings is 2. The summed E-state index contributed by atoms with van der Waals surface area (Å²) >= 11 is 5.92. The van der Waals surface area contributed by atoms with Gasteiger partial charge < -0.3 is 4.90 Å². The molecule has 0 aliphatic rings. The van der Waals surface area contributed by atoms with Gasteiger partial charge in [0.1, 0.15) is 0 Å². The maximum atomic E-state index is 12.3. The normalized spacial score (nSPS) is 11.2. The lowest BCUT2D eigenvalue weighted by Gasteiger charge is -2.14. The van der Waals surface area contributed by atoms with Crippen LogP contribution in [0, 0.1) is 6.92 Å². The minimum atomic E-state index is -3.61. The Morgan fingerprint density at radius 3 is 2.19 bits per heavy atom. The van der Waals surface area contributed by atoms with Crippen LogP contribution in [0.4, 0.5) is 11.4 Å². The van der Waals surface area contributed by atoms with Crippen LogP contribution in [-0.2, 0) is 10.0 Å². The van der Waals surface area contributed by atoms with Gasteiger partial charge in [-0.15, -0.1) is 0 Å². The monoisotopic (exact) mass is 324 g/mol. The highest BCUT2D eigenvalue weighted by molar-refractivity contribution is 7.92. The van der Waals surface area contributed by atoms with Gasteiger partial charge in [0.05, 0.1) is 4.90 Å². The Bertz CT molecular complexity index is 741. The Kier molecular flexibility index (Phi) is 4.44. The molecule has 0 radical (unpaired) electrons. The molecule has 0 atom stereocenters. The number of anilines is 2. The van der Waals surface area contributed by atoms with Crippen molar-refractivity contribution in [1.29, 1.82) is 0 Å². The van der Waals surface area contributed by atoms with Gasteiger partial charge in [0.15, 0.2) is 0 Å². The van der Waals surface area contributed by atoms with Gasteiger partial charge in [0, 0.05) is 30.5 Å². The second-order valence-electron chi connectivity index (χ2n) is 4.96. The molecule has 2 aromatic rings. The largest absolute Gasteiger partial charge is 0.378 e. The predicted octanol–water partition coefficient (Wildman–Crippen LogP) is 3.52. The Morgan fingerprint density at radius 2 is 1.67 bits per heavy atom. The third kappa shape index (κ3) is 3.68. The van der Waals surface area contributed by atoms with E-state index in [1.54, 1.807) is 31.2 Å². The van der Waals surface area contributed by atoms with Crippen LogP contribution in [0.15, 0.2) is 47.4 Å². The van der Waals surface area contributed by atoms with Crippen molar-refractivity contribution in [3.8, 4) is 0 Å². The third-order valence-electron chi connectivity index (χ3n) is 3.08. The number of nitrogens with one attached hydrogen (secondary N) is 1. The number of nitrogens with zero attached hydrogens (tertiary/aromatic N) is 1. The molecule has 0 unspecified atom stereocenters. The van der Waals surface area contributed by atoms with Crippen LogP contribution in [0.2, 0.25) is 5.02 Å². The average Bonchev–Trinajstić information content (AvgIpc) is 2.42. The maximum Gasteiger partial charge on any atom is 0.261 e. The highest BCUT2D eigenvalue weighted by Crippen LogP contribution is 2.22. The molecule has 4 nitrogen and oxygen atoms in total. The van der Waals surface area contributed by atoms with Gasteiger partial charge in [0.25, 0.3) is 10.0 Å². The van der Waals surface area contributed by atoms with Crippen LogP contribution in [-0.4, -0.2) is 22.5 Å². The zero-order valence-corrected chi connectivity index (χ0v) is 13.7. The molecule has 0 saturated carbocycles. The molecule has 112 valence electrons. The number of halogens is 1. The predicted molar refractivity (Wildman–Crippen MR) is 87.8 cm³/mol. The van der Waals surface area contributed by atoms with Crippen molar-refractivity contribution in [2.45, 2.75) is 11.8 Å². The molecular formula is C15H17ClN2O2S. The number of aryl methyl sites for hydroxylation is 1. The second kappa shape index (κ2) is 5.95. The summed E-state index contributed by atoms with van der Waals surface area (Å²) in [4.78, 5) is 2.14. The molecule has 0 saturated heterocycles. The minimum Gasteiger partial charge on any atom is -0.378 e. The van der Waals surface area contributed by atoms with Crippen LogP contribution in [0.5, 0.6) is 0 Å². The van der Waals surface area contributed by atoms with E-state index in [0.717, 1.165) is 11.3 Å². The lowest BCUT2D eigenvalue weighted by molar-refractivity contribution is 0.601. The van der Waals surface area contributed by atoms with E-state index >= 15 is 0 Å². The Balaban J connectivity index is 2.26. The number of hydrogen-bond donors (Lipinski definition) is 1. The van der Waals surface area contributed by atoms with Gasteiger partial charge in [-0.25, -0.2) is 8.42 Å². The van der Waals surface area contributed by atoms with Crippen molar-refractivity contribution in [2.24, 2.45) is 0 Å². The number of hydrogen-bond acceptors (Lipinski definition) is 3. The van der Waals surface area contributed by atoms with Crippen molar-refractivity contribution in [1.82, 2.24) is 0 Å². The molecule has 0 aliphatic carbocycles. The first-order valence-corrected chi connectivity index (χ1v) is 8.22. The SMILES string of the molecule is Cc1cc(S(=O)(=O)Nc2ccc(N(C)C)cc2)ccc1Cl. The van der Waals surface area contributed by atoms with Crippen LogP contribution >= 0.6 is 11.6 Å². The molecule has 0 spiro atoms. The lowest BCUT2D eigenvalue weighted by Crippen LogP contribution is -2.13. The molecule has 6 heteroatoms. The van der Waals surface area contributed by atoms with Gasteiger partial charge in [-0.2, -0.15) is 0 Å². The van der Waals surface area contributed by atoms with Gasteiger partial charge in [-0.3, -0.25) is 4.72 Å². The van der Waals surface area contributed by atoms with Crippen LogP contribution in [0.1, 0.15) is 5.56 Å². The van der Waals surface area contributed by atoms with Crippen molar-refractivity contribution < 1.29 is 8.42 Å². The zero-order chi connectivity index (χ0) is 15.6. The van der Waals surface area contributed by atoms with E-state index in [2.05, 4.69) is 4.72 Å². The fourth-order valence-electron chi connectivity index (χ4n) is 1.83. The van der Waals surface area contributed by atoms with Crippen LogP contribution < -0.4 is 9.62 Å². The molecule has 2 rings (SSSR count). The third-order valence-corrected chi connectivity index (χ3v) is 4.88. The first kappa shape index (κ1) is 15.7. The number of rotatable bonds is 4. The van der Waals surface area contributed by atoms with Gasteiger partial charge in [-0.05, 0) is 55.0 Å². The van der Waals surface area contributed by atoms with E-state index in [1.807, 2.05) is 31.1 Å². The van der Waals surface area contributed by atoms with Crippen molar-refractivity contribution >= 4 is 33.0 Å². The molecular weight excluding hydrogens is 308 g/mol. The van der Waals surface area contributed by atoms with E-state index in [1.165, 1.54) is 6.07 Å². The fourth-order valence-corrected chi connectivity index (χ4v) is 3.09. The maximum absolute atomic E-state index is 12.3. The average molecular weight is 325 g/mol. The molecule has 21 heavy (non-hydrogen) atoms. The molecule has 0 heterocycles. The summed E-state index contributed by atoms with van der Waals surface area (Å²) in [7, 11) is 0.245. The molecule has 0 bridgehead atoms. The van der Waals surface area contributed by atoms with E-state index in [-0.39, 0.29) is 4.90 Å². The van der Waals surface area contributed by atoms with Gasteiger partial charge >= 0.3 is 0 Å². The Hall–Kier alpha value is -1.72. The Labute approximate surface area is 130 Å². The van der Waals surface area contributed by atoms with Crippen molar-refractivity contribution in [3.63, 3.8) is 0 Å². The summed E-state index contributed by atoms with van der Waals surface area (Å²) < 4.78 is 27.2. The van der Waals surface area contributed by atoms with E-state index in [9.17, 15) is 8.42 Å². The van der Waals surface area contributed by atoms with E-state index < -0.39 is 10.0 Å². The van der Waals surface area contributed by atoms with Gasteiger partial charge in [-0.1, -0.05) is 11.6 Å². The first-order chi connectivity index (χ1) is 9.79. The van der Waals surface area contributed by atoms with E-state index in [4.69, 9.17) is 11.6 Å². The fraction of sp³-hybridized carbons (Fsp3) is 0.200. The molecule has 0 amide bonds. The highest BCUT2D eigenvalue weighted by atomic mass is 35.5. The molecule has 0 aromatic heterocycles. The zero-order valence-electron chi connectivity index (χ0n) is 12.1. The summed E-state index contributed by atoms with van der Waals surface area (Å²) in [6.07, 6.45) is 0. The summed E-state index contributed by atoms with van der Waals surface area (Å²) in [6, 6.07) is 11.8. The summed E-state index contributed by atoms with van der Waals surface area (Å²) in [5.74, 6) is 0. The lowest BCUT2D eigenvalue weighted by atomic mass is 10.2. The van der Waals surface area contributed by atoms with Crippen LogP contribution in [0.3, 0.4) is 0 Å². The van der Waals surface area contributed by atoms with E-state index in [0.29, 0.717) is 10.7 Å². The Morgan fingerprint density at radius 1 is 1.05 bits per heavy atom. The standard InChI is InChI=1S/C15H17ClN2O2S/c1-11-10-14(8-9-15(11)16)21(19,20)17-12-4-6-13(7-5-12)18(2)3/h4-10,17H,1-3H3. The van der Waals surface area contributed by atoms with Gasteiger partial charge in [0.2, 0.25) is 0 Å². The summed E-state index contributed by atoms with van der Waals surface area (Å²) in [5, 5.41) is 0.546. The van der Waals surface area contributed by atoms with Crippen molar-refractivity contribution in [3.05, 3.63) is 53.1 Å². The topological polar surface area (TPSA) is 49.4 Å². The molecule has 1 N–H and O–H groups in total. The first-order valence-electron chi connectivity index (χ1n) is 6.36. The van der Waals surface area contributed by atoms with Crippen molar-refractivity contribution in [2.75, 3.05) is 23.7 Å². The highest BCUT2D eigenvalue weighted by Gasteiger charge is 2.15. The summed E-state index contributed by atoms with van der Waals surface area (Å²) in [6.45, 7) is 1.77. The molecule has 0 aliphatic heterocycles. The molecule has 0 fully saturated rings. The number of sulfonamides is 1. The second-order valence-corrected chi connectivity index (χ2v) is 7.05. The van der Waals surface area contributed by atoms with Crippen LogP contribution in [0.25, 0.3) is 0 Å².